The van der Waals surface area contributed by atoms with Gasteiger partial charge in [0.05, 0.1) is 5.56 Å². The first-order valence-corrected chi connectivity index (χ1v) is 8.77. The summed E-state index contributed by atoms with van der Waals surface area (Å²) in [6.07, 6.45) is 0. The van der Waals surface area contributed by atoms with Crippen molar-refractivity contribution in [1.82, 2.24) is 0 Å². The number of benzene rings is 1. The second-order valence-corrected chi connectivity index (χ2v) is 7.95. The Morgan fingerprint density at radius 1 is 1.32 bits per heavy atom. The average molecular weight is 651 g/mol. The van der Waals surface area contributed by atoms with Gasteiger partial charge >= 0.3 is 11.9 Å². The summed E-state index contributed by atoms with van der Waals surface area (Å²) in [6, 6.07) is 3.30. The van der Waals surface area contributed by atoms with Gasteiger partial charge < -0.3 is 19.7 Å². The molecule has 22 heavy (non-hydrogen) atoms. The number of esters is 1. The van der Waals surface area contributed by atoms with E-state index < -0.39 is 30.1 Å². The van der Waals surface area contributed by atoms with E-state index in [1.807, 2.05) is 67.8 Å². The number of aliphatic hydroxyl groups is 1. The highest BCUT2D eigenvalue weighted by Crippen LogP contribution is 2.29. The van der Waals surface area contributed by atoms with E-state index >= 15 is 0 Å². The standard InChI is InChI=1S/C12H9F2I3O5/c1-11(21,12(13,14)10(19)20)4-22-9(18)6-2-5(15)3-7(16)8(6)17/h2-3,21H,4H2,1H3,(H,19,20)/p-1. The SMILES string of the molecule is CC(O)(COC(=O)c1cc(I)cc(I)c1I)C(F)(F)C(=O)[O-]. The lowest BCUT2D eigenvalue weighted by Gasteiger charge is -2.32. The topological polar surface area (TPSA) is 86.7 Å². The molecule has 10 heteroatoms. The van der Waals surface area contributed by atoms with Crippen molar-refractivity contribution in [3.05, 3.63) is 28.4 Å². The number of aliphatic carboxylic acids is 1. The lowest BCUT2D eigenvalue weighted by molar-refractivity contribution is -0.344. The van der Waals surface area contributed by atoms with Crippen LogP contribution in [0, 0.1) is 10.7 Å². The molecule has 0 aliphatic rings. The minimum absolute atomic E-state index is 0.143. The van der Waals surface area contributed by atoms with Gasteiger partial charge in [-0.3, -0.25) is 0 Å². The molecule has 1 aromatic rings. The molecule has 0 heterocycles. The predicted octanol–water partition coefficient (Wildman–Crippen LogP) is 1.79. The molecule has 0 aliphatic heterocycles. The number of ether oxygens (including phenoxy) is 1. The molecule has 1 unspecified atom stereocenters. The Balaban J connectivity index is 2.94. The second kappa shape index (κ2) is 7.38. The van der Waals surface area contributed by atoms with Crippen molar-refractivity contribution in [2.24, 2.45) is 0 Å². The molecule has 1 rings (SSSR count). The quantitative estimate of drug-likeness (QED) is 0.299. The Bertz CT molecular complexity index is 619. The first kappa shape index (κ1) is 20.2. The maximum Gasteiger partial charge on any atom is 0.339 e. The van der Waals surface area contributed by atoms with E-state index in [1.165, 1.54) is 6.07 Å². The second-order valence-electron chi connectivity index (χ2n) is 4.46. The molecule has 0 fully saturated rings. The van der Waals surface area contributed by atoms with Crippen LogP contribution in [0.2, 0.25) is 0 Å². The molecule has 0 aliphatic carbocycles. The molecular formula is C12H8F2I3O5-. The van der Waals surface area contributed by atoms with Gasteiger partial charge in [0.2, 0.25) is 0 Å². The number of carbonyl (C=O) groups is 2. The maximum atomic E-state index is 13.3. The van der Waals surface area contributed by atoms with Crippen molar-refractivity contribution in [3.8, 4) is 0 Å². The minimum Gasteiger partial charge on any atom is -0.544 e. The van der Waals surface area contributed by atoms with Crippen molar-refractivity contribution in [2.75, 3.05) is 6.61 Å². The predicted molar refractivity (Wildman–Crippen MR) is 95.5 cm³/mol. The van der Waals surface area contributed by atoms with Gasteiger partial charge in [-0.15, -0.1) is 0 Å². The average Bonchev–Trinajstić information content (AvgIpc) is 2.39. The third kappa shape index (κ3) is 4.37. The molecule has 0 aromatic heterocycles. The van der Waals surface area contributed by atoms with Gasteiger partial charge in [-0.1, -0.05) is 0 Å². The molecule has 1 N–H and O–H groups in total. The highest BCUT2D eigenvalue weighted by atomic mass is 127. The number of alkyl halides is 2. The highest BCUT2D eigenvalue weighted by Gasteiger charge is 2.51. The smallest absolute Gasteiger partial charge is 0.339 e. The largest absolute Gasteiger partial charge is 0.544 e. The van der Waals surface area contributed by atoms with Crippen molar-refractivity contribution in [2.45, 2.75) is 18.4 Å². The summed E-state index contributed by atoms with van der Waals surface area (Å²) < 4.78 is 33.3. The third-order valence-corrected chi connectivity index (χ3v) is 6.30. The summed E-state index contributed by atoms with van der Waals surface area (Å²) in [4.78, 5) is 22.3. The molecule has 122 valence electrons. The number of halogens is 5. The number of carboxylic acids is 1. The summed E-state index contributed by atoms with van der Waals surface area (Å²) in [5.41, 5.74) is -2.94. The van der Waals surface area contributed by atoms with Crippen LogP contribution in [0.1, 0.15) is 17.3 Å². The molecule has 0 bridgehead atoms. The van der Waals surface area contributed by atoms with Gasteiger partial charge in [-0.05, 0) is 86.8 Å². The van der Waals surface area contributed by atoms with Crippen LogP contribution in [0.15, 0.2) is 12.1 Å². The number of hydrogen-bond acceptors (Lipinski definition) is 5. The molecule has 0 saturated carbocycles. The highest BCUT2D eigenvalue weighted by molar-refractivity contribution is 14.1. The normalized spacial score (nSPS) is 14.3. The molecule has 5 nitrogen and oxygen atoms in total. The van der Waals surface area contributed by atoms with E-state index in [2.05, 4.69) is 4.74 Å². The summed E-state index contributed by atoms with van der Waals surface area (Å²) in [7, 11) is 0. The zero-order chi connectivity index (χ0) is 17.3. The van der Waals surface area contributed by atoms with Crippen LogP contribution in [-0.4, -0.2) is 35.2 Å². The van der Waals surface area contributed by atoms with Crippen molar-refractivity contribution >= 4 is 79.7 Å². The van der Waals surface area contributed by atoms with Crippen molar-refractivity contribution < 1.29 is 33.3 Å². The number of carbonyl (C=O) groups excluding carboxylic acids is 2. The van der Waals surface area contributed by atoms with Crippen molar-refractivity contribution in [3.63, 3.8) is 0 Å². The molecule has 0 spiro atoms. The van der Waals surface area contributed by atoms with Gasteiger partial charge in [0.25, 0.3) is 0 Å². The van der Waals surface area contributed by atoms with E-state index in [-0.39, 0.29) is 5.56 Å². The Hall–Kier alpha value is 0.170. The first-order chi connectivity index (χ1) is 9.90. The third-order valence-electron chi connectivity index (χ3n) is 2.63. The Kier molecular flexibility index (Phi) is 6.78. The number of hydrogen-bond donors (Lipinski definition) is 1. The monoisotopic (exact) mass is 651 g/mol. The van der Waals surface area contributed by atoms with Gasteiger partial charge in [0.15, 0.2) is 5.60 Å². The lowest BCUT2D eigenvalue weighted by atomic mass is 9.99. The summed E-state index contributed by atoms with van der Waals surface area (Å²) in [5.74, 6) is -8.23. The molecule has 1 aromatic carbocycles. The molecule has 0 amide bonds. The van der Waals surface area contributed by atoms with E-state index in [4.69, 9.17) is 0 Å². The number of carboxylic acid groups (broad SMARTS) is 1. The fourth-order valence-corrected chi connectivity index (χ4v) is 3.68. The van der Waals surface area contributed by atoms with Crippen LogP contribution in [0.4, 0.5) is 8.78 Å². The van der Waals surface area contributed by atoms with Gasteiger partial charge in [0, 0.05) is 10.7 Å². The summed E-state index contributed by atoms with van der Waals surface area (Å²) >= 11 is 5.87. The lowest BCUT2D eigenvalue weighted by Crippen LogP contribution is -2.59. The van der Waals surface area contributed by atoms with E-state index in [1.54, 1.807) is 6.07 Å². The van der Waals surface area contributed by atoms with Crippen LogP contribution in [-0.2, 0) is 9.53 Å². The summed E-state index contributed by atoms with van der Waals surface area (Å²) in [6.45, 7) is -0.634. The minimum atomic E-state index is -4.56. The van der Waals surface area contributed by atoms with E-state index in [0.717, 1.165) is 7.14 Å². The van der Waals surface area contributed by atoms with Gasteiger partial charge in [-0.2, -0.15) is 8.78 Å². The Labute approximate surface area is 165 Å². The van der Waals surface area contributed by atoms with Crippen LogP contribution >= 0.6 is 67.8 Å². The van der Waals surface area contributed by atoms with E-state index in [9.17, 15) is 28.6 Å². The Morgan fingerprint density at radius 2 is 1.86 bits per heavy atom. The fraction of sp³-hybridized carbons (Fsp3) is 0.333. The van der Waals surface area contributed by atoms with Crippen LogP contribution in [0.3, 0.4) is 0 Å². The zero-order valence-electron chi connectivity index (χ0n) is 10.8. The van der Waals surface area contributed by atoms with Gasteiger partial charge in [0.1, 0.15) is 12.6 Å². The molecule has 1 atom stereocenters. The van der Waals surface area contributed by atoms with Crippen LogP contribution in [0.5, 0.6) is 0 Å². The van der Waals surface area contributed by atoms with Crippen molar-refractivity contribution in [1.29, 1.82) is 0 Å². The van der Waals surface area contributed by atoms with E-state index in [0.29, 0.717) is 10.5 Å². The fourth-order valence-electron chi connectivity index (χ4n) is 1.30. The maximum absolute atomic E-state index is 13.3. The summed E-state index contributed by atoms with van der Waals surface area (Å²) in [5, 5.41) is 19.9. The molecular weight excluding hydrogens is 643 g/mol. The first-order valence-electron chi connectivity index (χ1n) is 5.53. The zero-order valence-corrected chi connectivity index (χ0v) is 17.3. The van der Waals surface area contributed by atoms with Crippen LogP contribution < -0.4 is 5.11 Å². The Morgan fingerprint density at radius 3 is 2.36 bits per heavy atom. The molecule has 0 radical (unpaired) electrons. The number of rotatable bonds is 5. The molecule has 0 saturated heterocycles. The van der Waals surface area contributed by atoms with Crippen LogP contribution in [0.25, 0.3) is 0 Å². The van der Waals surface area contributed by atoms with Gasteiger partial charge in [-0.25, -0.2) is 4.79 Å².